The fourth-order valence-corrected chi connectivity index (χ4v) is 7.41. The van der Waals surface area contributed by atoms with E-state index in [1.54, 1.807) is 13.8 Å². The third-order valence-electron chi connectivity index (χ3n) is 11.2. The predicted molar refractivity (Wildman–Crippen MR) is 212 cm³/mol. The Morgan fingerprint density at radius 2 is 1.53 bits per heavy atom. The van der Waals surface area contributed by atoms with Crippen LogP contribution in [0.25, 0.3) is 0 Å². The highest BCUT2D eigenvalue weighted by Gasteiger charge is 2.50. The molecular formula is C41H71NO17. The number of rotatable bonds is 24. The van der Waals surface area contributed by atoms with Crippen molar-refractivity contribution in [1.82, 2.24) is 0 Å². The number of esters is 1. The van der Waals surface area contributed by atoms with E-state index >= 15 is 0 Å². The lowest BCUT2D eigenvalue weighted by Gasteiger charge is -2.45. The van der Waals surface area contributed by atoms with Gasteiger partial charge in [0, 0.05) is 37.5 Å². The molecule has 0 aromatic rings. The molecule has 2 saturated heterocycles. The summed E-state index contributed by atoms with van der Waals surface area (Å²) in [6.45, 7) is 10.2. The monoisotopic (exact) mass is 849 g/mol. The summed E-state index contributed by atoms with van der Waals surface area (Å²) < 4.78 is 22.4. The second-order valence-corrected chi connectivity index (χ2v) is 16.4. The Hall–Kier alpha value is -2.40. The second-order valence-electron chi connectivity index (χ2n) is 16.4. The molecule has 0 amide bonds. The average Bonchev–Trinajstić information content (AvgIpc) is 3.13. The van der Waals surface area contributed by atoms with Gasteiger partial charge in [-0.05, 0) is 47.0 Å². The highest BCUT2D eigenvalue weighted by atomic mass is 16.7. The number of nitrogens with two attached hydrogens (primary N) is 1. The molecule has 59 heavy (non-hydrogen) atoms. The molecule has 0 bridgehead atoms. The normalized spacial score (nSPS) is 33.2. The van der Waals surface area contributed by atoms with Crippen LogP contribution in [0.3, 0.4) is 0 Å². The Morgan fingerprint density at radius 1 is 0.881 bits per heavy atom. The standard InChI is InChI=1S/C41H71NO17/c1-7-8-9-10-11-12-21(2)36(50)23(4)24(5)57-33(49)18-27(44)16-26(43)13-14-29(46)30(47)17-28(45)19-41(55)20-31(48)34(39(53)54)32(59-41)15-22(3)56-40-38(52)35(42)37(51)25(6)58-40/h7-12,21-32,34-38,40,43-48,50-52,55H,13-20,42H2,1-6H3,(H,53,54)/b8-7+,10-9+,12-11+. The molecule has 2 fully saturated rings. The molecule has 18 nitrogen and oxygen atoms in total. The van der Waals surface area contributed by atoms with Crippen molar-refractivity contribution in [2.75, 3.05) is 0 Å². The molecule has 2 aliphatic rings. The fourth-order valence-electron chi connectivity index (χ4n) is 7.41. The molecule has 0 aliphatic carbocycles. The van der Waals surface area contributed by atoms with Crippen LogP contribution >= 0.6 is 0 Å². The number of hydrogen-bond acceptors (Lipinski definition) is 17. The molecular weight excluding hydrogens is 778 g/mol. The van der Waals surface area contributed by atoms with E-state index in [2.05, 4.69) is 0 Å². The quantitative estimate of drug-likeness (QED) is 0.0431. The molecule has 2 rings (SSSR count). The topological polar surface area (TPSA) is 320 Å². The van der Waals surface area contributed by atoms with Gasteiger partial charge >= 0.3 is 11.9 Å². The van der Waals surface area contributed by atoms with Gasteiger partial charge in [0.2, 0.25) is 0 Å². The first-order valence-corrected chi connectivity index (χ1v) is 20.5. The third kappa shape index (κ3) is 17.1. The van der Waals surface area contributed by atoms with Crippen molar-refractivity contribution in [1.29, 1.82) is 0 Å². The first-order valence-electron chi connectivity index (χ1n) is 20.5. The number of aliphatic hydroxyl groups is 10. The number of allylic oxidation sites excluding steroid dienone is 5. The van der Waals surface area contributed by atoms with E-state index in [4.69, 9.17) is 24.7 Å². The zero-order valence-corrected chi connectivity index (χ0v) is 35.0. The molecule has 0 saturated carbocycles. The van der Waals surface area contributed by atoms with Gasteiger partial charge in [-0.1, -0.05) is 50.3 Å². The molecule has 0 aromatic carbocycles. The van der Waals surface area contributed by atoms with Crippen LogP contribution in [0.4, 0.5) is 0 Å². The first kappa shape index (κ1) is 52.7. The number of aliphatic hydroxyl groups excluding tert-OH is 9. The van der Waals surface area contributed by atoms with Gasteiger partial charge in [-0.25, -0.2) is 0 Å². The zero-order chi connectivity index (χ0) is 44.8. The van der Waals surface area contributed by atoms with Crippen LogP contribution in [-0.2, 0) is 28.5 Å². The van der Waals surface area contributed by atoms with Crippen LogP contribution < -0.4 is 5.73 Å². The van der Waals surface area contributed by atoms with E-state index in [-0.39, 0.29) is 31.6 Å². The lowest BCUT2D eigenvalue weighted by molar-refractivity contribution is -0.310. The van der Waals surface area contributed by atoms with E-state index in [9.17, 15) is 65.8 Å². The van der Waals surface area contributed by atoms with Crippen LogP contribution in [0.5, 0.6) is 0 Å². The Kier molecular flexibility index (Phi) is 22.3. The van der Waals surface area contributed by atoms with E-state index in [1.165, 1.54) is 13.8 Å². The Balaban J connectivity index is 1.84. The number of aliphatic carboxylic acids is 1. The average molecular weight is 850 g/mol. The maximum Gasteiger partial charge on any atom is 0.311 e. The van der Waals surface area contributed by atoms with Gasteiger partial charge in [0.25, 0.3) is 0 Å². The number of carbonyl (C=O) groups excluding carboxylic acids is 1. The van der Waals surface area contributed by atoms with E-state index in [0.717, 1.165) is 0 Å². The predicted octanol–water partition coefficient (Wildman–Crippen LogP) is -0.487. The van der Waals surface area contributed by atoms with Gasteiger partial charge in [0.05, 0.1) is 79.6 Å². The molecule has 2 aliphatic heterocycles. The molecule has 13 N–H and O–H groups in total. The van der Waals surface area contributed by atoms with E-state index < -0.39 is 147 Å². The molecule has 0 aromatic heterocycles. The van der Waals surface area contributed by atoms with Gasteiger partial charge in [-0.15, -0.1) is 0 Å². The molecule has 342 valence electrons. The summed E-state index contributed by atoms with van der Waals surface area (Å²) in [5, 5.41) is 116. The van der Waals surface area contributed by atoms with Crippen molar-refractivity contribution in [2.45, 2.75) is 190 Å². The fraction of sp³-hybridized carbons (Fsp3) is 0.805. The SMILES string of the molecule is C/C=C/C=C/C=C/C(C)C(O)C(C)C(C)OC(=O)CC(O)CC(O)CCC(O)C(O)CC(O)CC1(O)CC(O)C(C(=O)O)C(CC(C)OC2OC(C)C(O)C(N)C2O)O1. The zero-order valence-electron chi connectivity index (χ0n) is 35.0. The van der Waals surface area contributed by atoms with Crippen LogP contribution in [0, 0.1) is 17.8 Å². The van der Waals surface area contributed by atoms with Crippen molar-refractivity contribution >= 4 is 11.9 Å². The van der Waals surface area contributed by atoms with Crippen molar-refractivity contribution < 1.29 is 84.7 Å². The minimum atomic E-state index is -2.26. The van der Waals surface area contributed by atoms with Crippen LogP contribution in [-0.4, -0.2) is 166 Å². The minimum Gasteiger partial charge on any atom is -0.481 e. The maximum atomic E-state index is 12.5. The number of carbonyl (C=O) groups is 2. The van der Waals surface area contributed by atoms with Crippen LogP contribution in [0.15, 0.2) is 36.5 Å². The van der Waals surface area contributed by atoms with E-state index in [1.807, 2.05) is 50.3 Å². The van der Waals surface area contributed by atoms with Gasteiger partial charge in [0.1, 0.15) is 18.1 Å². The number of ether oxygens (including phenoxy) is 4. The lowest BCUT2D eigenvalue weighted by Crippen LogP contribution is -2.61. The largest absolute Gasteiger partial charge is 0.481 e. The lowest BCUT2D eigenvalue weighted by atomic mass is 9.83. The molecule has 18 heteroatoms. The Bertz CT molecular complexity index is 1350. The molecule has 0 spiro atoms. The van der Waals surface area contributed by atoms with Gasteiger partial charge in [-0.3, -0.25) is 9.59 Å². The Labute approximate surface area is 346 Å². The number of carboxylic acid groups (broad SMARTS) is 1. The summed E-state index contributed by atoms with van der Waals surface area (Å²) >= 11 is 0. The molecule has 19 unspecified atom stereocenters. The summed E-state index contributed by atoms with van der Waals surface area (Å²) in [6.07, 6.45) is -8.67. The van der Waals surface area contributed by atoms with E-state index in [0.29, 0.717) is 0 Å². The van der Waals surface area contributed by atoms with Crippen molar-refractivity contribution in [3.63, 3.8) is 0 Å². The minimum absolute atomic E-state index is 0.0957. The van der Waals surface area contributed by atoms with Crippen LogP contribution in [0.2, 0.25) is 0 Å². The summed E-state index contributed by atoms with van der Waals surface area (Å²) in [5.41, 5.74) is 5.86. The smallest absolute Gasteiger partial charge is 0.311 e. The number of carboxylic acids is 1. The maximum absolute atomic E-state index is 12.5. The first-order chi connectivity index (χ1) is 27.5. The highest BCUT2D eigenvalue weighted by molar-refractivity contribution is 5.71. The molecule has 2 heterocycles. The summed E-state index contributed by atoms with van der Waals surface area (Å²) in [7, 11) is 0. The summed E-state index contributed by atoms with van der Waals surface area (Å²) in [4.78, 5) is 24.6. The highest BCUT2D eigenvalue weighted by Crippen LogP contribution is 2.38. The van der Waals surface area contributed by atoms with Gasteiger partial charge < -0.3 is 80.9 Å². The van der Waals surface area contributed by atoms with Gasteiger partial charge in [0.15, 0.2) is 12.1 Å². The molecule has 19 atom stereocenters. The van der Waals surface area contributed by atoms with Crippen LogP contribution in [0.1, 0.15) is 92.9 Å². The van der Waals surface area contributed by atoms with Crippen molar-refractivity contribution in [2.24, 2.45) is 23.5 Å². The van der Waals surface area contributed by atoms with Crippen molar-refractivity contribution in [3.05, 3.63) is 36.5 Å². The summed E-state index contributed by atoms with van der Waals surface area (Å²) in [5.74, 6) is -6.56. The molecule has 0 radical (unpaired) electrons. The van der Waals surface area contributed by atoms with Gasteiger partial charge in [-0.2, -0.15) is 0 Å². The summed E-state index contributed by atoms with van der Waals surface area (Å²) in [6, 6.07) is -1.08. The second kappa shape index (κ2) is 24.9. The third-order valence-corrected chi connectivity index (χ3v) is 11.2. The Morgan fingerprint density at radius 3 is 2.15 bits per heavy atom. The number of hydrogen-bond donors (Lipinski definition) is 12. The van der Waals surface area contributed by atoms with Crippen molar-refractivity contribution in [3.8, 4) is 0 Å².